The fourth-order valence-electron chi connectivity index (χ4n) is 2.15. The molecule has 0 aliphatic heterocycles. The van der Waals surface area contributed by atoms with Gasteiger partial charge in [-0.05, 0) is 49.1 Å². The second-order valence-electron chi connectivity index (χ2n) is 5.17. The van der Waals surface area contributed by atoms with Gasteiger partial charge in [0, 0.05) is 26.0 Å². The van der Waals surface area contributed by atoms with Crippen LogP contribution in [-0.4, -0.2) is 22.8 Å². The number of aryl methyl sites for hydroxylation is 4. The quantitative estimate of drug-likeness (QED) is 0.757. The number of aromatic hydroxyl groups is 1. The molecule has 0 bridgehead atoms. The van der Waals surface area contributed by atoms with Crippen LogP contribution in [0.2, 0.25) is 0 Å². The molecule has 21 heavy (non-hydrogen) atoms. The first-order chi connectivity index (χ1) is 9.99. The number of benzene rings is 1. The third kappa shape index (κ3) is 3.78. The monoisotopic (exact) mass is 287 g/mol. The molecule has 0 aliphatic carbocycles. The summed E-state index contributed by atoms with van der Waals surface area (Å²) >= 11 is 0. The van der Waals surface area contributed by atoms with Crippen molar-refractivity contribution >= 4 is 11.7 Å². The first-order valence-electron chi connectivity index (χ1n) is 6.93. The molecule has 1 heterocycles. The van der Waals surface area contributed by atoms with Crippen LogP contribution in [-0.2, 0) is 13.0 Å². The second kappa shape index (κ2) is 6.35. The summed E-state index contributed by atoms with van der Waals surface area (Å²) < 4.78 is 2.16. The Kier molecular flexibility index (Phi) is 4.52. The summed E-state index contributed by atoms with van der Waals surface area (Å²) in [6.07, 6.45) is 5.08. The highest BCUT2D eigenvalue weighted by molar-refractivity contribution is 5.90. The number of anilines is 1. The molecule has 2 amide bonds. The van der Waals surface area contributed by atoms with Crippen LogP contribution in [0.25, 0.3) is 0 Å². The summed E-state index contributed by atoms with van der Waals surface area (Å²) in [4.78, 5) is 11.3. The van der Waals surface area contributed by atoms with Crippen LogP contribution in [0.4, 0.5) is 10.5 Å². The van der Waals surface area contributed by atoms with Crippen LogP contribution < -0.4 is 10.6 Å². The van der Waals surface area contributed by atoms with Gasteiger partial charge in [0.05, 0.1) is 5.69 Å². The average Bonchev–Trinajstić information content (AvgIpc) is 2.78. The summed E-state index contributed by atoms with van der Waals surface area (Å²) in [5.74, 6) is 0.0648. The number of carbonyl (C=O) groups excluding carboxylic acids is 1. The number of nitrogens with zero attached hydrogens (tertiary/aromatic N) is 1. The molecule has 3 N–H and O–H groups in total. The maximum atomic E-state index is 11.3. The number of nitrogens with one attached hydrogen (secondary N) is 2. The largest absolute Gasteiger partial charge is 0.506 e. The van der Waals surface area contributed by atoms with Crippen molar-refractivity contribution in [1.29, 1.82) is 0 Å². The summed E-state index contributed by atoms with van der Waals surface area (Å²) in [6, 6.07) is 4.92. The minimum atomic E-state index is -0.348. The normalized spacial score (nSPS) is 10.4. The Bertz CT molecular complexity index is 627. The molecule has 0 unspecified atom stereocenters. The topological polar surface area (TPSA) is 66.3 Å². The molecule has 0 saturated carbocycles. The van der Waals surface area contributed by atoms with Crippen LogP contribution >= 0.6 is 0 Å². The van der Waals surface area contributed by atoms with E-state index in [1.807, 2.05) is 6.07 Å². The second-order valence-corrected chi connectivity index (χ2v) is 5.17. The number of rotatable bonds is 4. The lowest BCUT2D eigenvalue weighted by Crippen LogP contribution is -2.24. The average molecular weight is 287 g/mol. The molecule has 1 aromatic carbocycles. The fourth-order valence-corrected chi connectivity index (χ4v) is 2.15. The summed E-state index contributed by atoms with van der Waals surface area (Å²) in [6.45, 7) is 5.05. The molecule has 0 aliphatic rings. The number of amides is 2. The van der Waals surface area contributed by atoms with Crippen LogP contribution in [0.15, 0.2) is 30.6 Å². The van der Waals surface area contributed by atoms with Gasteiger partial charge < -0.3 is 20.3 Å². The number of urea groups is 1. The van der Waals surface area contributed by atoms with E-state index in [1.165, 1.54) is 18.2 Å². The van der Waals surface area contributed by atoms with E-state index in [1.54, 1.807) is 12.1 Å². The number of hydrogen-bond acceptors (Lipinski definition) is 2. The lowest BCUT2D eigenvalue weighted by Gasteiger charge is -2.09. The van der Waals surface area contributed by atoms with Gasteiger partial charge in [0.15, 0.2) is 0 Å². The van der Waals surface area contributed by atoms with Crippen molar-refractivity contribution in [1.82, 2.24) is 9.88 Å². The van der Waals surface area contributed by atoms with Gasteiger partial charge in [0.1, 0.15) is 5.75 Å². The molecule has 112 valence electrons. The van der Waals surface area contributed by atoms with Crippen molar-refractivity contribution in [2.24, 2.45) is 0 Å². The van der Waals surface area contributed by atoms with Crippen LogP contribution in [0.1, 0.15) is 16.7 Å². The van der Waals surface area contributed by atoms with E-state index in [-0.39, 0.29) is 11.8 Å². The molecule has 0 saturated heterocycles. The zero-order valence-corrected chi connectivity index (χ0v) is 12.6. The Morgan fingerprint density at radius 3 is 2.52 bits per heavy atom. The van der Waals surface area contributed by atoms with Gasteiger partial charge >= 0.3 is 6.03 Å². The standard InChI is InChI=1S/C16H21N3O2/c1-11-9-19(10-12(11)2)7-6-13-4-5-15(20)14(8-13)18-16(21)17-3/h4-5,8-10,20H,6-7H2,1-3H3,(H2,17,18,21). The molecule has 0 atom stereocenters. The maximum absolute atomic E-state index is 11.3. The Morgan fingerprint density at radius 2 is 1.90 bits per heavy atom. The van der Waals surface area contributed by atoms with Crippen molar-refractivity contribution in [2.75, 3.05) is 12.4 Å². The maximum Gasteiger partial charge on any atom is 0.319 e. The summed E-state index contributed by atoms with van der Waals surface area (Å²) in [5, 5.41) is 14.8. The highest BCUT2D eigenvalue weighted by atomic mass is 16.3. The van der Waals surface area contributed by atoms with Crippen LogP contribution in [0.3, 0.4) is 0 Å². The molecular formula is C16H21N3O2. The fraction of sp³-hybridized carbons (Fsp3) is 0.312. The smallest absolute Gasteiger partial charge is 0.319 e. The van der Waals surface area contributed by atoms with E-state index in [0.29, 0.717) is 5.69 Å². The van der Waals surface area contributed by atoms with Gasteiger partial charge in [0.25, 0.3) is 0 Å². The Labute approximate surface area is 124 Å². The van der Waals surface area contributed by atoms with E-state index in [9.17, 15) is 9.90 Å². The molecule has 2 aromatic rings. The van der Waals surface area contributed by atoms with E-state index < -0.39 is 0 Å². The molecule has 0 fully saturated rings. The van der Waals surface area contributed by atoms with E-state index >= 15 is 0 Å². The Morgan fingerprint density at radius 1 is 1.24 bits per heavy atom. The van der Waals surface area contributed by atoms with Gasteiger partial charge in [-0.1, -0.05) is 6.07 Å². The van der Waals surface area contributed by atoms with Gasteiger partial charge in [-0.15, -0.1) is 0 Å². The zero-order chi connectivity index (χ0) is 15.4. The third-order valence-electron chi connectivity index (χ3n) is 3.54. The summed E-state index contributed by atoms with van der Waals surface area (Å²) in [7, 11) is 1.53. The molecular weight excluding hydrogens is 266 g/mol. The molecule has 1 aromatic heterocycles. The Balaban J connectivity index is 2.06. The predicted octanol–water partition coefficient (Wildman–Crippen LogP) is 2.80. The van der Waals surface area contributed by atoms with Crippen molar-refractivity contribution in [3.63, 3.8) is 0 Å². The predicted molar refractivity (Wildman–Crippen MR) is 83.8 cm³/mol. The zero-order valence-electron chi connectivity index (χ0n) is 12.6. The van der Waals surface area contributed by atoms with Crippen LogP contribution in [0.5, 0.6) is 5.75 Å². The first-order valence-corrected chi connectivity index (χ1v) is 6.93. The lowest BCUT2D eigenvalue weighted by molar-refractivity contribution is 0.254. The number of phenols is 1. The highest BCUT2D eigenvalue weighted by Crippen LogP contribution is 2.24. The molecule has 0 radical (unpaired) electrons. The van der Waals surface area contributed by atoms with Gasteiger partial charge in [0.2, 0.25) is 0 Å². The minimum absolute atomic E-state index is 0.0648. The third-order valence-corrected chi connectivity index (χ3v) is 3.54. The van der Waals surface area contributed by atoms with Gasteiger partial charge in [-0.2, -0.15) is 0 Å². The van der Waals surface area contributed by atoms with Gasteiger partial charge in [-0.3, -0.25) is 0 Å². The molecule has 5 nitrogen and oxygen atoms in total. The summed E-state index contributed by atoms with van der Waals surface area (Å²) in [5.41, 5.74) is 4.04. The van der Waals surface area contributed by atoms with Crippen molar-refractivity contribution < 1.29 is 9.90 Å². The van der Waals surface area contributed by atoms with E-state index in [4.69, 9.17) is 0 Å². The SMILES string of the molecule is CNC(=O)Nc1cc(CCn2cc(C)c(C)c2)ccc1O. The molecule has 2 rings (SSSR count). The highest BCUT2D eigenvalue weighted by Gasteiger charge is 2.06. The van der Waals surface area contributed by atoms with Crippen LogP contribution in [0, 0.1) is 13.8 Å². The van der Waals surface area contributed by atoms with Crippen molar-refractivity contribution in [3.05, 3.63) is 47.3 Å². The number of phenolic OH excluding ortho intramolecular Hbond substituents is 1. The number of aromatic nitrogens is 1. The molecule has 5 heteroatoms. The molecule has 0 spiro atoms. The Hall–Kier alpha value is -2.43. The van der Waals surface area contributed by atoms with Gasteiger partial charge in [-0.25, -0.2) is 4.79 Å². The van der Waals surface area contributed by atoms with Crippen molar-refractivity contribution in [3.8, 4) is 5.75 Å². The number of hydrogen-bond donors (Lipinski definition) is 3. The first kappa shape index (κ1) is 15.0. The lowest BCUT2D eigenvalue weighted by atomic mass is 10.1. The van der Waals surface area contributed by atoms with Crippen molar-refractivity contribution in [2.45, 2.75) is 26.8 Å². The number of carbonyl (C=O) groups is 1. The van der Waals surface area contributed by atoms with E-state index in [0.717, 1.165) is 18.5 Å². The van der Waals surface area contributed by atoms with E-state index in [2.05, 4.69) is 41.4 Å². The minimum Gasteiger partial charge on any atom is -0.506 e.